The molecule has 154 valence electrons. The Balaban J connectivity index is 1.25. The van der Waals surface area contributed by atoms with Gasteiger partial charge in [-0.05, 0) is 55.0 Å². The Morgan fingerprint density at radius 2 is 1.34 bits per heavy atom. The molecular formula is C25H33N3O. The van der Waals surface area contributed by atoms with Crippen LogP contribution in [0.1, 0.15) is 31.7 Å². The molecule has 0 bridgehead atoms. The van der Waals surface area contributed by atoms with Crippen LogP contribution in [0.3, 0.4) is 0 Å². The highest BCUT2D eigenvalue weighted by atomic mass is 16.2. The standard InChI is InChI=1S/C25H33N3O/c1-21-13-15-26(16-14-21)23-8-10-24(11-9-23)27-17-19-28(20-18-27)25(29)12-7-22-5-3-2-4-6-22/h2-6,8-11,21H,7,12-20H2,1H3. The maximum absolute atomic E-state index is 12.6. The Morgan fingerprint density at radius 1 is 0.793 bits per heavy atom. The molecule has 2 heterocycles. The Morgan fingerprint density at radius 3 is 1.93 bits per heavy atom. The van der Waals surface area contributed by atoms with Crippen molar-refractivity contribution < 1.29 is 4.79 Å². The number of benzene rings is 2. The molecule has 4 heteroatoms. The molecule has 2 aromatic carbocycles. The molecule has 0 unspecified atom stereocenters. The number of piperidine rings is 1. The van der Waals surface area contributed by atoms with Crippen molar-refractivity contribution in [3.05, 3.63) is 60.2 Å². The highest BCUT2D eigenvalue weighted by molar-refractivity contribution is 5.76. The van der Waals surface area contributed by atoms with Crippen LogP contribution in [0.4, 0.5) is 11.4 Å². The predicted molar refractivity (Wildman–Crippen MR) is 121 cm³/mol. The normalized spacial score (nSPS) is 18.2. The lowest BCUT2D eigenvalue weighted by Gasteiger charge is -2.37. The van der Waals surface area contributed by atoms with Crippen molar-refractivity contribution in [2.24, 2.45) is 5.92 Å². The molecule has 1 amide bonds. The fourth-order valence-corrected chi connectivity index (χ4v) is 4.41. The second-order valence-corrected chi connectivity index (χ2v) is 8.54. The minimum Gasteiger partial charge on any atom is -0.372 e. The highest BCUT2D eigenvalue weighted by Crippen LogP contribution is 2.26. The van der Waals surface area contributed by atoms with Gasteiger partial charge in [0.2, 0.25) is 5.91 Å². The largest absolute Gasteiger partial charge is 0.372 e. The van der Waals surface area contributed by atoms with E-state index in [0.717, 1.165) is 38.5 Å². The minimum absolute atomic E-state index is 0.281. The van der Waals surface area contributed by atoms with Crippen LogP contribution in [-0.2, 0) is 11.2 Å². The van der Waals surface area contributed by atoms with Crippen molar-refractivity contribution >= 4 is 17.3 Å². The predicted octanol–water partition coefficient (Wildman–Crippen LogP) is 4.20. The first-order valence-corrected chi connectivity index (χ1v) is 11.1. The summed E-state index contributed by atoms with van der Waals surface area (Å²) in [6.07, 6.45) is 4.02. The van der Waals surface area contributed by atoms with Crippen LogP contribution in [0.2, 0.25) is 0 Å². The number of carbonyl (C=O) groups is 1. The maximum Gasteiger partial charge on any atom is 0.223 e. The third-order valence-corrected chi connectivity index (χ3v) is 6.47. The monoisotopic (exact) mass is 391 g/mol. The third-order valence-electron chi connectivity index (χ3n) is 6.47. The van der Waals surface area contributed by atoms with Crippen molar-refractivity contribution in [3.8, 4) is 0 Å². The van der Waals surface area contributed by atoms with E-state index in [9.17, 15) is 4.79 Å². The summed E-state index contributed by atoms with van der Waals surface area (Å²) in [6.45, 7) is 8.16. The molecule has 2 saturated heterocycles. The van der Waals surface area contributed by atoms with Crippen LogP contribution in [0.15, 0.2) is 54.6 Å². The second kappa shape index (κ2) is 9.34. The van der Waals surface area contributed by atoms with Gasteiger partial charge in [-0.1, -0.05) is 37.3 Å². The first-order valence-electron chi connectivity index (χ1n) is 11.1. The molecule has 0 N–H and O–H groups in total. The zero-order chi connectivity index (χ0) is 20.1. The topological polar surface area (TPSA) is 26.8 Å². The molecular weight excluding hydrogens is 358 g/mol. The maximum atomic E-state index is 12.6. The van der Waals surface area contributed by atoms with E-state index in [1.165, 1.54) is 42.9 Å². The lowest BCUT2D eigenvalue weighted by atomic mass is 9.99. The smallest absolute Gasteiger partial charge is 0.223 e. The molecule has 0 aliphatic carbocycles. The summed E-state index contributed by atoms with van der Waals surface area (Å²) in [5.74, 6) is 1.14. The summed E-state index contributed by atoms with van der Waals surface area (Å²) in [7, 11) is 0. The van der Waals surface area contributed by atoms with Gasteiger partial charge < -0.3 is 14.7 Å². The van der Waals surface area contributed by atoms with E-state index in [2.05, 4.69) is 53.1 Å². The quantitative estimate of drug-likeness (QED) is 0.764. The molecule has 0 aromatic heterocycles. The van der Waals surface area contributed by atoms with E-state index >= 15 is 0 Å². The molecule has 0 spiro atoms. The van der Waals surface area contributed by atoms with Crippen LogP contribution in [0.5, 0.6) is 0 Å². The van der Waals surface area contributed by atoms with Crippen LogP contribution >= 0.6 is 0 Å². The average molecular weight is 392 g/mol. The molecule has 2 aliphatic heterocycles. The summed E-state index contributed by atoms with van der Waals surface area (Å²) < 4.78 is 0. The van der Waals surface area contributed by atoms with E-state index in [1.807, 2.05) is 23.1 Å². The van der Waals surface area contributed by atoms with Crippen molar-refractivity contribution in [2.75, 3.05) is 49.1 Å². The van der Waals surface area contributed by atoms with Crippen LogP contribution in [0.25, 0.3) is 0 Å². The van der Waals surface area contributed by atoms with E-state index in [4.69, 9.17) is 0 Å². The molecule has 4 rings (SSSR count). The first-order chi connectivity index (χ1) is 14.2. The Kier molecular flexibility index (Phi) is 6.38. The fraction of sp³-hybridized carbons (Fsp3) is 0.480. The average Bonchev–Trinajstić information content (AvgIpc) is 2.79. The number of carbonyl (C=O) groups excluding carboxylic acids is 1. The van der Waals surface area contributed by atoms with Gasteiger partial charge in [0.15, 0.2) is 0 Å². The second-order valence-electron chi connectivity index (χ2n) is 8.54. The number of hydrogen-bond donors (Lipinski definition) is 0. The van der Waals surface area contributed by atoms with Crippen LogP contribution < -0.4 is 9.80 Å². The summed E-state index contributed by atoms with van der Waals surface area (Å²) in [5, 5.41) is 0. The summed E-state index contributed by atoms with van der Waals surface area (Å²) in [6, 6.07) is 19.3. The Bertz CT molecular complexity index is 773. The van der Waals surface area contributed by atoms with Crippen molar-refractivity contribution in [1.82, 2.24) is 4.90 Å². The van der Waals surface area contributed by atoms with Gasteiger partial charge in [-0.15, -0.1) is 0 Å². The number of aryl methyl sites for hydroxylation is 1. The van der Waals surface area contributed by atoms with Crippen molar-refractivity contribution in [3.63, 3.8) is 0 Å². The van der Waals surface area contributed by atoms with Gasteiger partial charge in [-0.25, -0.2) is 0 Å². The molecule has 2 aliphatic rings. The first kappa shape index (κ1) is 19.8. The number of rotatable bonds is 5. The molecule has 29 heavy (non-hydrogen) atoms. The van der Waals surface area contributed by atoms with Gasteiger partial charge in [-0.3, -0.25) is 4.79 Å². The van der Waals surface area contributed by atoms with Gasteiger partial charge in [0.05, 0.1) is 0 Å². The molecule has 0 radical (unpaired) electrons. The summed E-state index contributed by atoms with van der Waals surface area (Å²) in [5.41, 5.74) is 3.86. The van der Waals surface area contributed by atoms with Gasteiger partial charge in [0.25, 0.3) is 0 Å². The van der Waals surface area contributed by atoms with Gasteiger partial charge in [0.1, 0.15) is 0 Å². The number of anilines is 2. The van der Waals surface area contributed by atoms with E-state index in [1.54, 1.807) is 0 Å². The third kappa shape index (κ3) is 5.11. The molecule has 2 aromatic rings. The lowest BCUT2D eigenvalue weighted by molar-refractivity contribution is -0.131. The van der Waals surface area contributed by atoms with Gasteiger partial charge in [0, 0.05) is 57.1 Å². The van der Waals surface area contributed by atoms with Crippen molar-refractivity contribution in [1.29, 1.82) is 0 Å². The Labute approximate surface area is 175 Å². The zero-order valence-electron chi connectivity index (χ0n) is 17.6. The number of amides is 1. The number of hydrogen-bond acceptors (Lipinski definition) is 3. The molecule has 0 atom stereocenters. The summed E-state index contributed by atoms with van der Waals surface area (Å²) >= 11 is 0. The minimum atomic E-state index is 0.281. The SMILES string of the molecule is CC1CCN(c2ccc(N3CCN(C(=O)CCc4ccccc4)CC3)cc2)CC1. The zero-order valence-corrected chi connectivity index (χ0v) is 17.6. The number of nitrogens with zero attached hydrogens (tertiary/aromatic N) is 3. The fourth-order valence-electron chi connectivity index (χ4n) is 4.41. The van der Waals surface area contributed by atoms with E-state index in [0.29, 0.717) is 6.42 Å². The van der Waals surface area contributed by atoms with Crippen LogP contribution in [-0.4, -0.2) is 50.1 Å². The van der Waals surface area contributed by atoms with Crippen molar-refractivity contribution in [2.45, 2.75) is 32.6 Å². The van der Waals surface area contributed by atoms with Gasteiger partial charge >= 0.3 is 0 Å². The van der Waals surface area contributed by atoms with Crippen LogP contribution in [0, 0.1) is 5.92 Å². The molecule has 2 fully saturated rings. The molecule has 0 saturated carbocycles. The molecule has 4 nitrogen and oxygen atoms in total. The number of piperazine rings is 1. The highest BCUT2D eigenvalue weighted by Gasteiger charge is 2.21. The summed E-state index contributed by atoms with van der Waals surface area (Å²) in [4.78, 5) is 19.5. The van der Waals surface area contributed by atoms with Gasteiger partial charge in [-0.2, -0.15) is 0 Å². The lowest BCUT2D eigenvalue weighted by Crippen LogP contribution is -2.48. The Hall–Kier alpha value is -2.49. The van der Waals surface area contributed by atoms with E-state index < -0.39 is 0 Å². The van der Waals surface area contributed by atoms with E-state index in [-0.39, 0.29) is 5.91 Å².